The van der Waals surface area contributed by atoms with Gasteiger partial charge < -0.3 is 20.3 Å². The van der Waals surface area contributed by atoms with Crippen LogP contribution in [0.25, 0.3) is 0 Å². The van der Waals surface area contributed by atoms with Crippen LogP contribution < -0.4 is 10.6 Å². The van der Waals surface area contributed by atoms with Gasteiger partial charge in [0.1, 0.15) is 17.2 Å². The molecule has 1 aliphatic rings. The van der Waals surface area contributed by atoms with Gasteiger partial charge in [-0.05, 0) is 19.1 Å². The molecule has 1 amide bonds. The van der Waals surface area contributed by atoms with Crippen molar-refractivity contribution < 1.29 is 27.1 Å². The summed E-state index contributed by atoms with van der Waals surface area (Å²) in [7, 11) is 0. The van der Waals surface area contributed by atoms with Gasteiger partial charge in [-0.25, -0.2) is 9.37 Å². The fraction of sp³-hybridized carbons (Fsp3) is 0.389. The molecule has 2 N–H and O–H groups in total. The van der Waals surface area contributed by atoms with Crippen LogP contribution in [0.4, 0.5) is 35.0 Å². The predicted octanol–water partition coefficient (Wildman–Crippen LogP) is 3.94. The number of aromatic nitrogens is 2. The van der Waals surface area contributed by atoms with Crippen molar-refractivity contribution in [3.8, 4) is 0 Å². The van der Waals surface area contributed by atoms with Crippen molar-refractivity contribution in [3.63, 3.8) is 0 Å². The highest BCUT2D eigenvalue weighted by molar-refractivity contribution is 6.33. The maximum Gasteiger partial charge on any atom is 0.421 e. The summed E-state index contributed by atoms with van der Waals surface area (Å²) in [6, 6.07) is 2.14. The van der Waals surface area contributed by atoms with Gasteiger partial charge in [-0.2, -0.15) is 18.2 Å². The number of hydrogen-bond acceptors (Lipinski definition) is 6. The molecule has 12 heteroatoms. The number of ether oxygens (including phenoxy) is 1. The molecule has 162 valence electrons. The maximum atomic E-state index is 14.6. The highest BCUT2D eigenvalue weighted by atomic mass is 35.5. The highest BCUT2D eigenvalue weighted by Crippen LogP contribution is 2.35. The Kier molecular flexibility index (Phi) is 6.61. The summed E-state index contributed by atoms with van der Waals surface area (Å²) in [6.45, 7) is 3.21. The summed E-state index contributed by atoms with van der Waals surface area (Å²) in [4.78, 5) is 21.4. The van der Waals surface area contributed by atoms with Crippen molar-refractivity contribution >= 4 is 35.0 Å². The molecule has 1 saturated heterocycles. The second-order valence-electron chi connectivity index (χ2n) is 6.33. The summed E-state index contributed by atoms with van der Waals surface area (Å²) in [5.41, 5.74) is -1.23. The Morgan fingerprint density at radius 1 is 1.30 bits per heavy atom. The van der Waals surface area contributed by atoms with E-state index in [0.717, 1.165) is 12.1 Å². The number of alkyl halides is 3. The summed E-state index contributed by atoms with van der Waals surface area (Å²) in [6.07, 6.45) is -4.02. The summed E-state index contributed by atoms with van der Waals surface area (Å²) < 4.78 is 58.9. The lowest BCUT2D eigenvalue weighted by Crippen LogP contribution is -2.41. The van der Waals surface area contributed by atoms with E-state index in [0.29, 0.717) is 32.5 Å². The molecule has 0 spiro atoms. The van der Waals surface area contributed by atoms with E-state index in [1.165, 1.54) is 4.90 Å². The molecule has 0 unspecified atom stereocenters. The first-order chi connectivity index (χ1) is 14.2. The Morgan fingerprint density at radius 2 is 2.00 bits per heavy atom. The van der Waals surface area contributed by atoms with Gasteiger partial charge in [-0.3, -0.25) is 4.79 Å². The van der Waals surface area contributed by atoms with E-state index in [9.17, 15) is 22.4 Å². The summed E-state index contributed by atoms with van der Waals surface area (Å²) in [5.74, 6) is -1.99. The third-order valence-corrected chi connectivity index (χ3v) is 4.58. The largest absolute Gasteiger partial charge is 0.421 e. The van der Waals surface area contributed by atoms with Crippen LogP contribution >= 0.6 is 11.6 Å². The zero-order valence-electron chi connectivity index (χ0n) is 15.8. The number of carbonyl (C=O) groups is 1. The van der Waals surface area contributed by atoms with Crippen molar-refractivity contribution in [2.75, 3.05) is 43.5 Å². The molecule has 0 aliphatic carbocycles. The van der Waals surface area contributed by atoms with E-state index in [1.807, 2.05) is 0 Å². The van der Waals surface area contributed by atoms with Crippen LogP contribution in [0.3, 0.4) is 0 Å². The fourth-order valence-electron chi connectivity index (χ4n) is 2.82. The molecule has 0 bridgehead atoms. The van der Waals surface area contributed by atoms with Crippen LogP contribution in [-0.4, -0.2) is 53.6 Å². The number of carbonyl (C=O) groups excluding carboxylic acids is 1. The van der Waals surface area contributed by atoms with E-state index in [-0.39, 0.29) is 28.8 Å². The van der Waals surface area contributed by atoms with Crippen LogP contribution in [0, 0.1) is 5.82 Å². The lowest BCUT2D eigenvalue weighted by molar-refractivity contribution is -0.137. The Hall–Kier alpha value is -2.66. The Morgan fingerprint density at radius 3 is 2.63 bits per heavy atom. The van der Waals surface area contributed by atoms with Crippen molar-refractivity contribution in [2.24, 2.45) is 0 Å². The van der Waals surface area contributed by atoms with Crippen LogP contribution in [0.15, 0.2) is 18.3 Å². The number of morpholine rings is 1. The van der Waals surface area contributed by atoms with Gasteiger partial charge in [-0.1, -0.05) is 11.6 Å². The normalized spacial score (nSPS) is 14.5. The number of rotatable bonds is 5. The lowest BCUT2D eigenvalue weighted by atomic mass is 10.1. The molecule has 0 radical (unpaired) electrons. The van der Waals surface area contributed by atoms with Gasteiger partial charge in [0.25, 0.3) is 5.91 Å². The van der Waals surface area contributed by atoms with E-state index < -0.39 is 29.3 Å². The van der Waals surface area contributed by atoms with Crippen molar-refractivity contribution in [1.82, 2.24) is 14.9 Å². The molecular formula is C18H18ClF4N5O2. The minimum Gasteiger partial charge on any atom is -0.378 e. The Labute approximate surface area is 174 Å². The Bertz CT molecular complexity index is 936. The average molecular weight is 448 g/mol. The molecule has 1 aliphatic heterocycles. The number of benzene rings is 1. The van der Waals surface area contributed by atoms with Gasteiger partial charge in [0.15, 0.2) is 0 Å². The minimum absolute atomic E-state index is 0.00917. The SMILES string of the molecule is CCNc1nc(Nc2cc(F)c(C(=O)N3CCOCC3)cc2Cl)ncc1C(F)(F)F. The number of nitrogens with zero attached hydrogens (tertiary/aromatic N) is 3. The zero-order chi connectivity index (χ0) is 21.9. The predicted molar refractivity (Wildman–Crippen MR) is 103 cm³/mol. The zero-order valence-corrected chi connectivity index (χ0v) is 16.6. The van der Waals surface area contributed by atoms with Gasteiger partial charge in [0.2, 0.25) is 5.95 Å². The minimum atomic E-state index is -4.64. The molecule has 0 atom stereocenters. The van der Waals surface area contributed by atoms with E-state index in [4.69, 9.17) is 16.3 Å². The molecule has 3 rings (SSSR count). The lowest BCUT2D eigenvalue weighted by Gasteiger charge is -2.27. The van der Waals surface area contributed by atoms with Crippen LogP contribution in [0.1, 0.15) is 22.8 Å². The van der Waals surface area contributed by atoms with Crippen LogP contribution in [0.2, 0.25) is 5.02 Å². The number of anilines is 3. The van der Waals surface area contributed by atoms with Crippen molar-refractivity contribution in [2.45, 2.75) is 13.1 Å². The topological polar surface area (TPSA) is 79.4 Å². The highest BCUT2D eigenvalue weighted by Gasteiger charge is 2.35. The van der Waals surface area contributed by atoms with E-state index in [1.54, 1.807) is 6.92 Å². The quantitative estimate of drug-likeness (QED) is 0.676. The van der Waals surface area contributed by atoms with Gasteiger partial charge in [0, 0.05) is 25.8 Å². The number of nitrogens with one attached hydrogen (secondary N) is 2. The number of amides is 1. The van der Waals surface area contributed by atoms with Gasteiger partial charge in [-0.15, -0.1) is 0 Å². The molecule has 30 heavy (non-hydrogen) atoms. The van der Waals surface area contributed by atoms with Crippen molar-refractivity contribution in [1.29, 1.82) is 0 Å². The second kappa shape index (κ2) is 9.00. The third-order valence-electron chi connectivity index (χ3n) is 4.27. The van der Waals surface area contributed by atoms with Gasteiger partial charge >= 0.3 is 6.18 Å². The number of halogens is 5. The van der Waals surface area contributed by atoms with Gasteiger partial charge in [0.05, 0.1) is 29.5 Å². The second-order valence-corrected chi connectivity index (χ2v) is 6.73. The first-order valence-electron chi connectivity index (χ1n) is 9.02. The molecule has 1 aromatic heterocycles. The van der Waals surface area contributed by atoms with E-state index in [2.05, 4.69) is 20.6 Å². The molecule has 2 aromatic rings. The van der Waals surface area contributed by atoms with Crippen LogP contribution in [0.5, 0.6) is 0 Å². The summed E-state index contributed by atoms with van der Waals surface area (Å²) >= 11 is 6.16. The molecular weight excluding hydrogens is 430 g/mol. The van der Waals surface area contributed by atoms with Crippen molar-refractivity contribution in [3.05, 3.63) is 40.3 Å². The molecule has 1 fully saturated rings. The van der Waals surface area contributed by atoms with E-state index >= 15 is 0 Å². The third kappa shape index (κ3) is 4.90. The first-order valence-corrected chi connectivity index (χ1v) is 9.39. The maximum absolute atomic E-state index is 14.6. The molecule has 2 heterocycles. The van der Waals surface area contributed by atoms with Crippen LogP contribution in [-0.2, 0) is 10.9 Å². The standard InChI is InChI=1S/C18H18ClF4N5O2/c1-2-24-15-11(18(21,22)23)9-25-17(27-15)26-14-8-13(20)10(7-12(14)19)16(29)28-3-5-30-6-4-28/h7-9H,2-6H2,1H3,(H2,24,25,26,27). The monoisotopic (exact) mass is 447 g/mol. The number of hydrogen-bond donors (Lipinski definition) is 2. The smallest absolute Gasteiger partial charge is 0.378 e. The molecule has 7 nitrogen and oxygen atoms in total. The fourth-order valence-corrected chi connectivity index (χ4v) is 3.03. The average Bonchev–Trinajstić information content (AvgIpc) is 2.70. The molecule has 0 saturated carbocycles. The first kappa shape index (κ1) is 22.0. The summed E-state index contributed by atoms with van der Waals surface area (Å²) in [5, 5.41) is 5.09. The Balaban J connectivity index is 1.86. The molecule has 1 aromatic carbocycles.